The van der Waals surface area contributed by atoms with E-state index in [1.165, 1.54) is 22.3 Å². The Labute approximate surface area is 197 Å². The molecule has 0 heterocycles. The van der Waals surface area contributed by atoms with Crippen LogP contribution in [0.3, 0.4) is 0 Å². The molecular formula is C29H29O3P. The molecule has 0 aliphatic heterocycles. The fourth-order valence-electron chi connectivity index (χ4n) is 5.33. The highest BCUT2D eigenvalue weighted by Gasteiger charge is 2.38. The van der Waals surface area contributed by atoms with Crippen molar-refractivity contribution in [3.05, 3.63) is 120 Å². The second-order valence-corrected chi connectivity index (χ2v) is 9.30. The maximum atomic E-state index is 10.8. The molecule has 2 aliphatic carbocycles. The van der Waals surface area contributed by atoms with E-state index in [1.807, 2.05) is 30.5 Å². The van der Waals surface area contributed by atoms with E-state index in [0.29, 0.717) is 30.1 Å². The summed E-state index contributed by atoms with van der Waals surface area (Å²) in [6, 6.07) is 29.3. The summed E-state index contributed by atoms with van der Waals surface area (Å²) >= 11 is 0. The molecule has 0 saturated heterocycles. The minimum Gasteiger partial charge on any atom is -0.497 e. The molecule has 3 nitrogen and oxygen atoms in total. The van der Waals surface area contributed by atoms with Gasteiger partial charge in [0.05, 0.1) is 6.26 Å². The Hall–Kier alpha value is -3.03. The summed E-state index contributed by atoms with van der Waals surface area (Å²) in [6.45, 7) is 0.478. The van der Waals surface area contributed by atoms with Crippen molar-refractivity contribution in [3.8, 4) is 5.75 Å². The van der Waals surface area contributed by atoms with Gasteiger partial charge in [0, 0.05) is 5.92 Å². The van der Waals surface area contributed by atoms with Crippen LogP contribution in [0.4, 0.5) is 0 Å². The van der Waals surface area contributed by atoms with Gasteiger partial charge in [-0.05, 0) is 71.1 Å². The van der Waals surface area contributed by atoms with E-state index in [2.05, 4.69) is 66.7 Å². The van der Waals surface area contributed by atoms with Crippen molar-refractivity contribution in [2.75, 3.05) is 0 Å². The normalized spacial score (nSPS) is 23.5. The van der Waals surface area contributed by atoms with Crippen molar-refractivity contribution in [2.24, 2.45) is 11.8 Å². The number of rotatable bonds is 7. The van der Waals surface area contributed by atoms with Crippen molar-refractivity contribution >= 4 is 14.3 Å². The third-order valence-electron chi connectivity index (χ3n) is 6.89. The zero-order valence-corrected chi connectivity index (χ0v) is 19.8. The summed E-state index contributed by atoms with van der Waals surface area (Å²) in [4.78, 5) is 0. The lowest BCUT2D eigenvalue weighted by Crippen LogP contribution is -2.28. The van der Waals surface area contributed by atoms with Crippen molar-refractivity contribution in [1.29, 1.82) is 0 Å². The summed E-state index contributed by atoms with van der Waals surface area (Å²) in [5, 5.41) is 0. The quantitative estimate of drug-likeness (QED) is 0.274. The van der Waals surface area contributed by atoms with Gasteiger partial charge in [0.15, 0.2) is 0 Å². The highest BCUT2D eigenvalue weighted by Crippen LogP contribution is 2.51. The van der Waals surface area contributed by atoms with E-state index >= 15 is 0 Å². The van der Waals surface area contributed by atoms with E-state index in [9.17, 15) is 4.57 Å². The van der Waals surface area contributed by atoms with Crippen LogP contribution in [0.25, 0.3) is 5.57 Å². The van der Waals surface area contributed by atoms with Crippen LogP contribution >= 0.6 is 8.69 Å². The van der Waals surface area contributed by atoms with Crippen LogP contribution in [0, 0.1) is 11.8 Å². The molecule has 0 aromatic heterocycles. The number of fused-ring (bicyclic) bond motifs is 2. The Morgan fingerprint density at radius 3 is 2.52 bits per heavy atom. The Morgan fingerprint density at radius 1 is 0.939 bits per heavy atom. The molecular weight excluding hydrogens is 427 g/mol. The maximum absolute atomic E-state index is 10.8. The molecule has 168 valence electrons. The lowest BCUT2D eigenvalue weighted by atomic mass is 9.63. The third-order valence-corrected chi connectivity index (χ3v) is 7.26. The van der Waals surface area contributed by atoms with Crippen LogP contribution in [-0.2, 0) is 15.9 Å². The first-order valence-corrected chi connectivity index (χ1v) is 12.6. The van der Waals surface area contributed by atoms with Gasteiger partial charge in [-0.2, -0.15) is 0 Å². The third kappa shape index (κ3) is 4.99. The van der Waals surface area contributed by atoms with Crippen LogP contribution in [-0.4, -0.2) is 0 Å². The van der Waals surface area contributed by atoms with Crippen LogP contribution in [0.2, 0.25) is 0 Å². The van der Waals surface area contributed by atoms with Crippen LogP contribution in [0.1, 0.15) is 41.9 Å². The summed E-state index contributed by atoms with van der Waals surface area (Å²) in [6.07, 6.45) is 7.90. The molecule has 2 aliphatic rings. The smallest absolute Gasteiger partial charge is 0.225 e. The number of hydrogen-bond donors (Lipinski definition) is 0. The van der Waals surface area contributed by atoms with Gasteiger partial charge < -0.3 is 9.26 Å². The first-order valence-electron chi connectivity index (χ1n) is 11.6. The standard InChI is InChI=1S/C29H29O3P/c30-33-32-26-13-7-8-21(16-26)19-31-20-25-15-14-24-17-28(25)29(23-11-5-2-6-12-23)18-27(24)22-9-3-1-4-10-22/h1-13,16,18,20,24,28-29H,14-15,17,19,33H2. The van der Waals surface area contributed by atoms with Crippen LogP contribution in [0.15, 0.2) is 103 Å². The molecule has 5 rings (SSSR count). The van der Waals surface area contributed by atoms with Crippen molar-refractivity contribution in [2.45, 2.75) is 31.8 Å². The van der Waals surface area contributed by atoms with Gasteiger partial charge in [0.2, 0.25) is 8.69 Å². The van der Waals surface area contributed by atoms with Gasteiger partial charge in [0.25, 0.3) is 0 Å². The Bertz CT molecular complexity index is 1150. The average Bonchev–Trinajstić information content (AvgIpc) is 2.87. The second kappa shape index (κ2) is 10.3. The van der Waals surface area contributed by atoms with E-state index in [-0.39, 0.29) is 0 Å². The number of hydrogen-bond acceptors (Lipinski definition) is 3. The monoisotopic (exact) mass is 456 g/mol. The Morgan fingerprint density at radius 2 is 1.73 bits per heavy atom. The summed E-state index contributed by atoms with van der Waals surface area (Å²) in [5.41, 5.74) is 6.64. The molecule has 33 heavy (non-hydrogen) atoms. The largest absolute Gasteiger partial charge is 0.497 e. The van der Waals surface area contributed by atoms with Gasteiger partial charge in [-0.3, -0.25) is 4.57 Å². The first-order chi connectivity index (χ1) is 16.3. The zero-order chi connectivity index (χ0) is 22.5. The van der Waals surface area contributed by atoms with Crippen molar-refractivity contribution < 1.29 is 13.8 Å². The zero-order valence-electron chi connectivity index (χ0n) is 18.6. The SMILES string of the molecule is O=[PH2]Oc1cccc(COC=C2CCC3CC2C(c2ccccc2)C=C3c2ccccc2)c1. The molecule has 4 unspecified atom stereocenters. The van der Waals surface area contributed by atoms with Gasteiger partial charge >= 0.3 is 0 Å². The lowest BCUT2D eigenvalue weighted by molar-refractivity contribution is 0.221. The van der Waals surface area contributed by atoms with Crippen molar-refractivity contribution in [3.63, 3.8) is 0 Å². The maximum Gasteiger partial charge on any atom is 0.225 e. The molecule has 3 aromatic rings. The summed E-state index contributed by atoms with van der Waals surface area (Å²) < 4.78 is 22.0. The minimum absolute atomic E-state index is 0.351. The van der Waals surface area contributed by atoms with Gasteiger partial charge in [0.1, 0.15) is 12.4 Å². The molecule has 1 fully saturated rings. The van der Waals surface area contributed by atoms with E-state index in [0.717, 1.165) is 24.8 Å². The highest BCUT2D eigenvalue weighted by molar-refractivity contribution is 7.17. The number of allylic oxidation sites excluding steroid dienone is 3. The van der Waals surface area contributed by atoms with E-state index in [4.69, 9.17) is 9.26 Å². The molecule has 4 heteroatoms. The lowest BCUT2D eigenvalue weighted by Gasteiger charge is -2.41. The van der Waals surface area contributed by atoms with Crippen molar-refractivity contribution in [1.82, 2.24) is 0 Å². The Kier molecular flexibility index (Phi) is 6.79. The van der Waals surface area contributed by atoms with Crippen LogP contribution < -0.4 is 4.52 Å². The molecule has 0 spiro atoms. The second-order valence-electron chi connectivity index (χ2n) is 8.87. The summed E-state index contributed by atoms with van der Waals surface area (Å²) in [5.74, 6) is 2.03. The van der Waals surface area contributed by atoms with Gasteiger partial charge in [-0.25, -0.2) is 0 Å². The molecule has 1 saturated carbocycles. The summed E-state index contributed by atoms with van der Waals surface area (Å²) in [7, 11) is -1.25. The van der Waals surface area contributed by atoms with E-state index < -0.39 is 8.69 Å². The van der Waals surface area contributed by atoms with Gasteiger partial charge in [-0.15, -0.1) is 0 Å². The first kappa shape index (κ1) is 21.8. The molecule has 0 radical (unpaired) electrons. The highest BCUT2D eigenvalue weighted by atomic mass is 31.1. The number of ether oxygens (including phenoxy) is 1. The molecule has 0 N–H and O–H groups in total. The predicted octanol–water partition coefficient (Wildman–Crippen LogP) is 7.43. The molecule has 3 aromatic carbocycles. The minimum atomic E-state index is -1.25. The van der Waals surface area contributed by atoms with Crippen LogP contribution in [0.5, 0.6) is 5.75 Å². The molecule has 2 bridgehead atoms. The topological polar surface area (TPSA) is 35.5 Å². The molecule has 4 atom stereocenters. The number of benzene rings is 3. The fourth-order valence-corrected chi connectivity index (χ4v) is 5.59. The fraction of sp³-hybridized carbons (Fsp3) is 0.241. The van der Waals surface area contributed by atoms with E-state index in [1.54, 1.807) is 0 Å². The molecule has 0 amide bonds. The predicted molar refractivity (Wildman–Crippen MR) is 135 cm³/mol. The average molecular weight is 457 g/mol. The van der Waals surface area contributed by atoms with Gasteiger partial charge in [-0.1, -0.05) is 78.9 Å². The Balaban J connectivity index is 1.40.